The minimum atomic E-state index is -0.439. The molecule has 1 fully saturated rings. The Morgan fingerprint density at radius 3 is 2.75 bits per heavy atom. The van der Waals surface area contributed by atoms with Crippen molar-refractivity contribution < 1.29 is 9.59 Å². The van der Waals surface area contributed by atoms with Gasteiger partial charge in [-0.1, -0.05) is 13.8 Å². The molecule has 0 saturated carbocycles. The third-order valence-electron chi connectivity index (χ3n) is 3.38. The van der Waals surface area contributed by atoms with Crippen LogP contribution >= 0.6 is 0 Å². The predicted octanol–water partition coefficient (Wildman–Crippen LogP) is 1.66. The topological polar surface area (TPSA) is 62.3 Å². The van der Waals surface area contributed by atoms with E-state index in [1.54, 1.807) is 11.1 Å². The van der Waals surface area contributed by atoms with Crippen LogP contribution in [0, 0.1) is 12.8 Å². The van der Waals surface area contributed by atoms with Gasteiger partial charge in [0.05, 0.1) is 11.9 Å². The van der Waals surface area contributed by atoms with E-state index in [9.17, 15) is 9.59 Å². The van der Waals surface area contributed by atoms with Gasteiger partial charge in [0.2, 0.25) is 11.8 Å². The van der Waals surface area contributed by atoms with E-state index in [4.69, 9.17) is 0 Å². The molecule has 5 nitrogen and oxygen atoms in total. The van der Waals surface area contributed by atoms with E-state index >= 15 is 0 Å². The highest BCUT2D eigenvalue weighted by molar-refractivity contribution is 6.01. The maximum absolute atomic E-state index is 12.6. The van der Waals surface area contributed by atoms with E-state index < -0.39 is 6.04 Å². The van der Waals surface area contributed by atoms with Gasteiger partial charge in [-0.15, -0.1) is 0 Å². The Bertz CT molecular complexity index is 496. The molecule has 1 saturated heterocycles. The van der Waals surface area contributed by atoms with Crippen LogP contribution in [-0.2, 0) is 9.59 Å². The molecule has 2 amide bonds. The summed E-state index contributed by atoms with van der Waals surface area (Å²) in [6.07, 6.45) is 2.67. The van der Waals surface area contributed by atoms with E-state index in [2.05, 4.69) is 10.3 Å². The summed E-state index contributed by atoms with van der Waals surface area (Å²) in [5, 5.41) is 2.82. The van der Waals surface area contributed by atoms with Gasteiger partial charge in [0.15, 0.2) is 0 Å². The molecular formula is C15H21N3O2. The highest BCUT2D eigenvalue weighted by Crippen LogP contribution is 2.19. The molecule has 1 aromatic heterocycles. The number of anilines is 1. The van der Waals surface area contributed by atoms with Crippen molar-refractivity contribution in [2.75, 3.05) is 11.4 Å². The van der Waals surface area contributed by atoms with Gasteiger partial charge in [-0.25, -0.2) is 0 Å². The maximum Gasteiger partial charge on any atom is 0.249 e. The van der Waals surface area contributed by atoms with Gasteiger partial charge >= 0.3 is 0 Å². The van der Waals surface area contributed by atoms with Gasteiger partial charge in [0, 0.05) is 18.7 Å². The average molecular weight is 275 g/mol. The number of amides is 2. The predicted molar refractivity (Wildman–Crippen MR) is 77.3 cm³/mol. The summed E-state index contributed by atoms with van der Waals surface area (Å²) in [5.41, 5.74) is 1.66. The molecule has 0 spiro atoms. The van der Waals surface area contributed by atoms with Crippen molar-refractivity contribution in [2.24, 2.45) is 5.92 Å². The molecule has 5 heteroatoms. The molecule has 1 aromatic rings. The molecule has 0 aliphatic carbocycles. The Hall–Kier alpha value is -1.91. The highest BCUT2D eigenvalue weighted by Gasteiger charge is 2.31. The molecule has 1 N–H and O–H groups in total. The number of nitrogens with one attached hydrogen (secondary N) is 1. The van der Waals surface area contributed by atoms with Crippen molar-refractivity contribution >= 4 is 17.5 Å². The summed E-state index contributed by atoms with van der Waals surface area (Å²) in [6, 6.07) is 3.31. The first kappa shape index (κ1) is 14.5. The van der Waals surface area contributed by atoms with Gasteiger partial charge in [0.25, 0.3) is 0 Å². The molecule has 1 aliphatic rings. The summed E-state index contributed by atoms with van der Waals surface area (Å²) >= 11 is 0. The molecule has 2 heterocycles. The van der Waals surface area contributed by atoms with Crippen LogP contribution in [0.2, 0.25) is 0 Å². The van der Waals surface area contributed by atoms with Gasteiger partial charge < -0.3 is 10.2 Å². The van der Waals surface area contributed by atoms with Crippen LogP contribution in [-0.4, -0.2) is 29.4 Å². The zero-order chi connectivity index (χ0) is 14.7. The van der Waals surface area contributed by atoms with E-state index in [0.717, 1.165) is 11.4 Å². The lowest BCUT2D eigenvalue weighted by molar-refractivity contribution is -0.125. The van der Waals surface area contributed by atoms with Crippen molar-refractivity contribution in [1.82, 2.24) is 10.3 Å². The van der Waals surface area contributed by atoms with Crippen LogP contribution < -0.4 is 10.2 Å². The number of hydrogen-bond acceptors (Lipinski definition) is 3. The van der Waals surface area contributed by atoms with Crippen molar-refractivity contribution in [3.05, 3.63) is 24.0 Å². The van der Waals surface area contributed by atoms with Crippen LogP contribution in [0.3, 0.4) is 0 Å². The summed E-state index contributed by atoms with van der Waals surface area (Å²) in [7, 11) is 0. The summed E-state index contributed by atoms with van der Waals surface area (Å²) in [5.74, 6) is 0.238. The molecule has 0 aromatic carbocycles. The number of carbonyl (C=O) groups is 2. The minimum absolute atomic E-state index is 0.0461. The number of pyridine rings is 1. The quantitative estimate of drug-likeness (QED) is 0.912. The van der Waals surface area contributed by atoms with Crippen molar-refractivity contribution in [2.45, 2.75) is 39.7 Å². The van der Waals surface area contributed by atoms with Crippen molar-refractivity contribution in [3.8, 4) is 0 Å². The lowest BCUT2D eigenvalue weighted by Gasteiger charge is -2.24. The first-order valence-electron chi connectivity index (χ1n) is 7.00. The number of carbonyl (C=O) groups excluding carboxylic acids is 2. The number of hydrogen-bond donors (Lipinski definition) is 1. The molecule has 1 aliphatic heterocycles. The smallest absolute Gasteiger partial charge is 0.249 e. The molecule has 1 unspecified atom stereocenters. The second-order valence-electron chi connectivity index (χ2n) is 5.65. The number of nitrogens with zero attached hydrogens (tertiary/aromatic N) is 2. The standard InChI is InChI=1S/C15H21N3O2/c1-10(2)8-13-15(20)18(7-6-14(19)17-13)12-5-4-11(3)16-9-12/h4-5,9-10,13H,6-8H2,1-3H3,(H,17,19). The van der Waals surface area contributed by atoms with Crippen LogP contribution in [0.25, 0.3) is 0 Å². The Labute approximate surface area is 119 Å². The average Bonchev–Trinajstić information content (AvgIpc) is 2.51. The van der Waals surface area contributed by atoms with Gasteiger partial charge in [-0.05, 0) is 31.4 Å². The first-order chi connectivity index (χ1) is 9.47. The second-order valence-corrected chi connectivity index (χ2v) is 5.65. The zero-order valence-corrected chi connectivity index (χ0v) is 12.2. The van der Waals surface area contributed by atoms with Crippen molar-refractivity contribution in [1.29, 1.82) is 0 Å². The van der Waals surface area contributed by atoms with Crippen LogP contribution in [0.4, 0.5) is 5.69 Å². The number of aromatic nitrogens is 1. The fourth-order valence-corrected chi connectivity index (χ4v) is 2.35. The Morgan fingerprint density at radius 2 is 2.15 bits per heavy atom. The third-order valence-corrected chi connectivity index (χ3v) is 3.38. The zero-order valence-electron chi connectivity index (χ0n) is 12.2. The largest absolute Gasteiger partial charge is 0.344 e. The SMILES string of the molecule is Cc1ccc(N2CCC(=O)NC(CC(C)C)C2=O)cn1. The lowest BCUT2D eigenvalue weighted by Crippen LogP contribution is -2.45. The molecule has 2 rings (SSSR count). The fraction of sp³-hybridized carbons (Fsp3) is 0.533. The summed E-state index contributed by atoms with van der Waals surface area (Å²) in [6.45, 7) is 6.40. The highest BCUT2D eigenvalue weighted by atomic mass is 16.2. The van der Waals surface area contributed by atoms with Gasteiger partial charge in [-0.3, -0.25) is 14.6 Å². The normalized spacial score (nSPS) is 20.0. The van der Waals surface area contributed by atoms with E-state index in [1.165, 1.54) is 0 Å². The second kappa shape index (κ2) is 6.03. The number of rotatable bonds is 3. The Morgan fingerprint density at radius 1 is 1.40 bits per heavy atom. The van der Waals surface area contributed by atoms with Crippen LogP contribution in [0.1, 0.15) is 32.4 Å². The van der Waals surface area contributed by atoms with Gasteiger partial charge in [0.1, 0.15) is 6.04 Å². The number of aryl methyl sites for hydroxylation is 1. The Balaban J connectivity index is 2.25. The third kappa shape index (κ3) is 3.35. The van der Waals surface area contributed by atoms with Crippen molar-refractivity contribution in [3.63, 3.8) is 0 Å². The van der Waals surface area contributed by atoms with Gasteiger partial charge in [-0.2, -0.15) is 0 Å². The van der Waals surface area contributed by atoms with Crippen LogP contribution in [0.15, 0.2) is 18.3 Å². The summed E-state index contributed by atoms with van der Waals surface area (Å²) in [4.78, 5) is 30.2. The first-order valence-corrected chi connectivity index (χ1v) is 7.00. The minimum Gasteiger partial charge on any atom is -0.344 e. The van der Waals surface area contributed by atoms with E-state index in [-0.39, 0.29) is 11.8 Å². The molecule has 0 radical (unpaired) electrons. The summed E-state index contributed by atoms with van der Waals surface area (Å²) < 4.78 is 0. The molecule has 1 atom stereocenters. The molecule has 20 heavy (non-hydrogen) atoms. The van der Waals surface area contributed by atoms with E-state index in [1.807, 2.05) is 32.9 Å². The lowest BCUT2D eigenvalue weighted by atomic mass is 10.0. The van der Waals surface area contributed by atoms with Crippen LogP contribution in [0.5, 0.6) is 0 Å². The molecule has 108 valence electrons. The Kier molecular flexibility index (Phi) is 4.37. The molecule has 0 bridgehead atoms. The maximum atomic E-state index is 12.6. The fourth-order valence-electron chi connectivity index (χ4n) is 2.35. The molecular weight excluding hydrogens is 254 g/mol. The van der Waals surface area contributed by atoms with E-state index in [0.29, 0.717) is 25.3 Å². The monoisotopic (exact) mass is 275 g/mol.